The quantitative estimate of drug-likeness (QED) is 0.483. The Bertz CT molecular complexity index is 1090. The standard InChI is InChI=1S/C21H17F4N3O.ClH/c1-12-9-14(7-8-26-12)17-10-18(22)28-13(2)11-27(20(29)19(17)28)16-5-3-15(4-6-16)21(23,24)25;/h3-10,13H,11H2,1-2H3;1H/t13-;/m0./s1. The Kier molecular flexibility index (Phi) is 5.64. The summed E-state index contributed by atoms with van der Waals surface area (Å²) in [6.07, 6.45) is -2.88. The van der Waals surface area contributed by atoms with Crippen LogP contribution in [0.3, 0.4) is 0 Å². The molecule has 0 unspecified atom stereocenters. The van der Waals surface area contributed by atoms with E-state index in [0.717, 1.165) is 17.8 Å². The van der Waals surface area contributed by atoms with Gasteiger partial charge in [0.2, 0.25) is 0 Å². The Morgan fingerprint density at radius 1 is 1.10 bits per heavy atom. The predicted octanol–water partition coefficient (Wildman–Crippen LogP) is 5.66. The Labute approximate surface area is 176 Å². The van der Waals surface area contributed by atoms with Crippen LogP contribution >= 0.6 is 12.4 Å². The van der Waals surface area contributed by atoms with Gasteiger partial charge in [-0.1, -0.05) is 0 Å². The second-order valence-corrected chi connectivity index (χ2v) is 7.09. The van der Waals surface area contributed by atoms with E-state index >= 15 is 0 Å². The number of hydrogen-bond acceptors (Lipinski definition) is 2. The van der Waals surface area contributed by atoms with Gasteiger partial charge in [0, 0.05) is 35.8 Å². The fourth-order valence-electron chi connectivity index (χ4n) is 3.69. The van der Waals surface area contributed by atoms with Gasteiger partial charge in [-0.3, -0.25) is 9.78 Å². The first-order chi connectivity index (χ1) is 13.7. The number of carbonyl (C=O) groups is 1. The van der Waals surface area contributed by atoms with Crippen molar-refractivity contribution in [1.29, 1.82) is 0 Å². The first kappa shape index (κ1) is 21.8. The third kappa shape index (κ3) is 3.67. The largest absolute Gasteiger partial charge is 0.416 e. The van der Waals surface area contributed by atoms with Gasteiger partial charge < -0.3 is 9.47 Å². The molecule has 3 aromatic rings. The lowest BCUT2D eigenvalue weighted by molar-refractivity contribution is -0.137. The maximum atomic E-state index is 14.7. The molecule has 158 valence electrons. The highest BCUT2D eigenvalue weighted by Crippen LogP contribution is 2.36. The highest BCUT2D eigenvalue weighted by atomic mass is 35.5. The van der Waals surface area contributed by atoms with E-state index in [9.17, 15) is 22.4 Å². The van der Waals surface area contributed by atoms with Gasteiger partial charge in [0.15, 0.2) is 5.95 Å². The zero-order chi connectivity index (χ0) is 20.9. The van der Waals surface area contributed by atoms with Crippen molar-refractivity contribution >= 4 is 24.0 Å². The highest BCUT2D eigenvalue weighted by molar-refractivity contribution is 6.10. The summed E-state index contributed by atoms with van der Waals surface area (Å²) in [6.45, 7) is 3.70. The summed E-state index contributed by atoms with van der Waals surface area (Å²) < 4.78 is 54.5. The Morgan fingerprint density at radius 2 is 1.77 bits per heavy atom. The molecule has 0 spiro atoms. The van der Waals surface area contributed by atoms with E-state index in [1.54, 1.807) is 32.2 Å². The predicted molar refractivity (Wildman–Crippen MR) is 107 cm³/mol. The van der Waals surface area contributed by atoms with Gasteiger partial charge in [-0.05, 0) is 55.8 Å². The summed E-state index contributed by atoms with van der Waals surface area (Å²) in [7, 11) is 0. The van der Waals surface area contributed by atoms with E-state index in [1.807, 2.05) is 0 Å². The van der Waals surface area contributed by atoms with Gasteiger partial charge in [-0.15, -0.1) is 12.4 Å². The number of carbonyl (C=O) groups excluding carboxylic acids is 1. The molecule has 0 aliphatic carbocycles. The molecule has 0 fully saturated rings. The van der Waals surface area contributed by atoms with E-state index in [1.165, 1.54) is 27.7 Å². The summed E-state index contributed by atoms with van der Waals surface area (Å²) >= 11 is 0. The molecule has 3 heterocycles. The van der Waals surface area contributed by atoms with Gasteiger partial charge in [0.05, 0.1) is 11.6 Å². The van der Waals surface area contributed by atoms with Crippen molar-refractivity contribution in [3.05, 3.63) is 71.6 Å². The average molecular weight is 440 g/mol. The molecule has 1 aliphatic heterocycles. The van der Waals surface area contributed by atoms with Crippen LogP contribution in [0.15, 0.2) is 48.7 Å². The lowest BCUT2D eigenvalue weighted by Gasteiger charge is -2.33. The normalized spacial score (nSPS) is 16.3. The third-order valence-electron chi connectivity index (χ3n) is 5.04. The molecule has 0 saturated heterocycles. The molecule has 0 radical (unpaired) electrons. The second-order valence-electron chi connectivity index (χ2n) is 7.09. The number of anilines is 1. The summed E-state index contributed by atoms with van der Waals surface area (Å²) in [5, 5.41) is 0. The molecule has 4 rings (SSSR count). The molecular formula is C21H18ClF4N3O. The van der Waals surface area contributed by atoms with Gasteiger partial charge in [0.25, 0.3) is 5.91 Å². The Hall–Kier alpha value is -2.87. The molecule has 0 bridgehead atoms. The third-order valence-corrected chi connectivity index (χ3v) is 5.04. The molecule has 1 amide bonds. The van der Waals surface area contributed by atoms with Crippen LogP contribution in [-0.4, -0.2) is 22.0 Å². The summed E-state index contributed by atoms with van der Waals surface area (Å²) in [5.41, 5.74) is 1.52. The topological polar surface area (TPSA) is 38.1 Å². The van der Waals surface area contributed by atoms with Crippen LogP contribution in [0, 0.1) is 12.9 Å². The van der Waals surface area contributed by atoms with Crippen LogP contribution in [0.25, 0.3) is 11.1 Å². The lowest BCUT2D eigenvalue weighted by Crippen LogP contribution is -2.42. The lowest BCUT2D eigenvalue weighted by atomic mass is 10.0. The number of pyridine rings is 1. The second kappa shape index (κ2) is 7.75. The number of amides is 1. The van der Waals surface area contributed by atoms with Crippen LogP contribution in [0.2, 0.25) is 0 Å². The van der Waals surface area contributed by atoms with E-state index in [2.05, 4.69) is 4.98 Å². The number of alkyl halides is 3. The number of hydrogen-bond donors (Lipinski definition) is 0. The van der Waals surface area contributed by atoms with E-state index < -0.39 is 23.6 Å². The Morgan fingerprint density at radius 3 is 2.37 bits per heavy atom. The SMILES string of the molecule is Cc1cc(-c2cc(F)n3c2C(=O)N(c2ccc(C(F)(F)F)cc2)C[C@@H]3C)ccn1.Cl. The molecular weight excluding hydrogens is 422 g/mol. The molecule has 4 nitrogen and oxygen atoms in total. The number of aromatic nitrogens is 2. The maximum Gasteiger partial charge on any atom is 0.416 e. The molecule has 1 atom stereocenters. The van der Waals surface area contributed by atoms with E-state index in [0.29, 0.717) is 16.8 Å². The van der Waals surface area contributed by atoms with Crippen molar-refractivity contribution in [1.82, 2.24) is 9.55 Å². The Balaban J connectivity index is 0.00000256. The number of benzene rings is 1. The zero-order valence-corrected chi connectivity index (χ0v) is 16.9. The molecule has 2 aromatic heterocycles. The van der Waals surface area contributed by atoms with E-state index in [4.69, 9.17) is 0 Å². The summed E-state index contributed by atoms with van der Waals surface area (Å²) in [6, 6.07) is 8.78. The van der Waals surface area contributed by atoms with Crippen LogP contribution in [0.5, 0.6) is 0 Å². The monoisotopic (exact) mass is 439 g/mol. The molecule has 1 aromatic carbocycles. The molecule has 9 heteroatoms. The maximum absolute atomic E-state index is 14.7. The molecule has 30 heavy (non-hydrogen) atoms. The van der Waals surface area contributed by atoms with Crippen LogP contribution < -0.4 is 4.90 Å². The van der Waals surface area contributed by atoms with Crippen molar-refractivity contribution in [3.63, 3.8) is 0 Å². The van der Waals surface area contributed by atoms with Gasteiger partial charge >= 0.3 is 6.18 Å². The van der Waals surface area contributed by atoms with Crippen molar-refractivity contribution in [2.45, 2.75) is 26.1 Å². The molecule has 0 N–H and O–H groups in total. The van der Waals surface area contributed by atoms with Crippen molar-refractivity contribution in [3.8, 4) is 11.1 Å². The summed E-state index contributed by atoms with van der Waals surface area (Å²) in [4.78, 5) is 18.7. The number of aryl methyl sites for hydroxylation is 1. The number of halogens is 5. The molecule has 1 aliphatic rings. The minimum atomic E-state index is -4.46. The average Bonchev–Trinajstić information content (AvgIpc) is 3.02. The minimum absolute atomic E-state index is 0. The van der Waals surface area contributed by atoms with Gasteiger partial charge in [-0.2, -0.15) is 17.6 Å². The zero-order valence-electron chi connectivity index (χ0n) is 16.1. The van der Waals surface area contributed by atoms with E-state index in [-0.39, 0.29) is 30.7 Å². The smallest absolute Gasteiger partial charge is 0.308 e. The first-order valence-corrected chi connectivity index (χ1v) is 8.99. The van der Waals surface area contributed by atoms with Crippen molar-refractivity contribution < 1.29 is 22.4 Å². The fraction of sp³-hybridized carbons (Fsp3) is 0.238. The van der Waals surface area contributed by atoms with Crippen molar-refractivity contribution in [2.75, 3.05) is 11.4 Å². The van der Waals surface area contributed by atoms with Crippen LogP contribution in [0.4, 0.5) is 23.2 Å². The van der Waals surface area contributed by atoms with Crippen molar-refractivity contribution in [2.24, 2.45) is 0 Å². The highest BCUT2D eigenvalue weighted by Gasteiger charge is 2.36. The number of fused-ring (bicyclic) bond motifs is 1. The first-order valence-electron chi connectivity index (χ1n) is 8.99. The van der Waals surface area contributed by atoms with Crippen LogP contribution in [0.1, 0.15) is 34.7 Å². The minimum Gasteiger partial charge on any atom is -0.308 e. The van der Waals surface area contributed by atoms with Gasteiger partial charge in [0.1, 0.15) is 5.69 Å². The number of nitrogens with zero attached hydrogens (tertiary/aromatic N) is 3. The fourth-order valence-corrected chi connectivity index (χ4v) is 3.69. The number of rotatable bonds is 2. The van der Waals surface area contributed by atoms with Gasteiger partial charge in [-0.25, -0.2) is 0 Å². The molecule has 0 saturated carbocycles. The summed E-state index contributed by atoms with van der Waals surface area (Å²) in [5.74, 6) is -0.992. The van der Waals surface area contributed by atoms with Crippen LogP contribution in [-0.2, 0) is 6.18 Å².